The third-order valence-corrected chi connectivity index (χ3v) is 3.91. The lowest BCUT2D eigenvalue weighted by molar-refractivity contribution is 0.439. The van der Waals surface area contributed by atoms with Crippen LogP contribution in [0.2, 0.25) is 0 Å². The largest absolute Gasteiger partial charge is 0.382 e. The molecule has 2 aliphatic carbocycles. The molecule has 15 heavy (non-hydrogen) atoms. The van der Waals surface area contributed by atoms with Gasteiger partial charge in [0.15, 0.2) is 0 Å². The number of anilines is 1. The van der Waals surface area contributed by atoms with Gasteiger partial charge in [-0.15, -0.1) is 0 Å². The van der Waals surface area contributed by atoms with E-state index in [1.54, 1.807) is 12.1 Å². The number of benzene rings is 1. The van der Waals surface area contributed by atoms with Gasteiger partial charge in [0.1, 0.15) is 5.82 Å². The van der Waals surface area contributed by atoms with Crippen molar-refractivity contribution in [3.63, 3.8) is 0 Å². The van der Waals surface area contributed by atoms with Crippen LogP contribution in [0, 0.1) is 17.7 Å². The Morgan fingerprint density at radius 3 is 2.80 bits per heavy atom. The van der Waals surface area contributed by atoms with Crippen molar-refractivity contribution >= 4 is 5.69 Å². The van der Waals surface area contributed by atoms with Gasteiger partial charge in [-0.1, -0.05) is 12.5 Å². The van der Waals surface area contributed by atoms with Gasteiger partial charge >= 0.3 is 0 Å². The molecule has 0 amide bonds. The molecule has 0 unspecified atom stereocenters. The SMILES string of the molecule is Fc1cccc(N[C@H]2C[C@H]3CC[C@H]2C3)c1. The second kappa shape index (κ2) is 3.51. The molecule has 2 aliphatic rings. The summed E-state index contributed by atoms with van der Waals surface area (Å²) >= 11 is 0. The van der Waals surface area contributed by atoms with Crippen molar-refractivity contribution < 1.29 is 4.39 Å². The Morgan fingerprint density at radius 2 is 2.13 bits per heavy atom. The molecule has 1 aromatic carbocycles. The van der Waals surface area contributed by atoms with E-state index in [0.29, 0.717) is 6.04 Å². The van der Waals surface area contributed by atoms with Crippen molar-refractivity contribution in [3.8, 4) is 0 Å². The first-order chi connectivity index (χ1) is 7.31. The van der Waals surface area contributed by atoms with Gasteiger partial charge in [-0.3, -0.25) is 0 Å². The van der Waals surface area contributed by atoms with Crippen LogP contribution in [-0.2, 0) is 0 Å². The van der Waals surface area contributed by atoms with Crippen molar-refractivity contribution in [2.45, 2.75) is 31.7 Å². The molecule has 1 aromatic rings. The van der Waals surface area contributed by atoms with Gasteiger partial charge in [0, 0.05) is 11.7 Å². The minimum atomic E-state index is -0.150. The lowest BCUT2D eigenvalue weighted by Gasteiger charge is -2.23. The van der Waals surface area contributed by atoms with Gasteiger partial charge in [-0.2, -0.15) is 0 Å². The standard InChI is InChI=1S/C13H16FN/c14-11-2-1-3-12(8-11)15-13-7-9-4-5-10(13)6-9/h1-3,8-10,13,15H,4-7H2/t9-,10-,13-/m0/s1. The number of nitrogens with one attached hydrogen (secondary N) is 1. The monoisotopic (exact) mass is 205 g/mol. The molecule has 0 spiro atoms. The summed E-state index contributed by atoms with van der Waals surface area (Å²) in [7, 11) is 0. The third kappa shape index (κ3) is 1.73. The van der Waals surface area contributed by atoms with E-state index in [9.17, 15) is 4.39 Å². The fourth-order valence-electron chi connectivity index (χ4n) is 3.21. The minimum Gasteiger partial charge on any atom is -0.382 e. The van der Waals surface area contributed by atoms with Gasteiger partial charge < -0.3 is 5.32 Å². The smallest absolute Gasteiger partial charge is 0.125 e. The lowest BCUT2D eigenvalue weighted by atomic mass is 9.95. The molecule has 3 rings (SSSR count). The lowest BCUT2D eigenvalue weighted by Crippen LogP contribution is -2.25. The second-order valence-electron chi connectivity index (χ2n) is 4.94. The van der Waals surface area contributed by atoms with E-state index in [-0.39, 0.29) is 5.82 Å². The average molecular weight is 205 g/mol. The number of halogens is 1. The first kappa shape index (κ1) is 9.20. The molecule has 2 fully saturated rings. The summed E-state index contributed by atoms with van der Waals surface area (Å²) < 4.78 is 13.0. The number of fused-ring (bicyclic) bond motifs is 2. The molecule has 80 valence electrons. The summed E-state index contributed by atoms with van der Waals surface area (Å²) in [5, 5.41) is 3.47. The van der Waals surface area contributed by atoms with E-state index in [0.717, 1.165) is 17.5 Å². The first-order valence-corrected chi connectivity index (χ1v) is 5.83. The summed E-state index contributed by atoms with van der Waals surface area (Å²) in [6.07, 6.45) is 5.43. The van der Waals surface area contributed by atoms with Crippen molar-refractivity contribution in [1.29, 1.82) is 0 Å². The van der Waals surface area contributed by atoms with Crippen molar-refractivity contribution in [2.75, 3.05) is 5.32 Å². The molecule has 1 nitrogen and oxygen atoms in total. The van der Waals surface area contributed by atoms with Crippen LogP contribution in [0.15, 0.2) is 24.3 Å². The number of hydrogen-bond acceptors (Lipinski definition) is 1. The molecule has 0 radical (unpaired) electrons. The zero-order chi connectivity index (χ0) is 10.3. The first-order valence-electron chi connectivity index (χ1n) is 5.83. The zero-order valence-electron chi connectivity index (χ0n) is 8.75. The Morgan fingerprint density at radius 1 is 1.20 bits per heavy atom. The highest BCUT2D eigenvalue weighted by molar-refractivity contribution is 5.44. The molecular formula is C13H16FN. The van der Waals surface area contributed by atoms with E-state index in [4.69, 9.17) is 0 Å². The summed E-state index contributed by atoms with van der Waals surface area (Å²) in [6, 6.07) is 7.39. The van der Waals surface area contributed by atoms with E-state index < -0.39 is 0 Å². The van der Waals surface area contributed by atoms with Crippen LogP contribution in [-0.4, -0.2) is 6.04 Å². The highest BCUT2D eigenvalue weighted by Gasteiger charge is 2.39. The van der Waals surface area contributed by atoms with Crippen LogP contribution in [0.25, 0.3) is 0 Å². The Balaban J connectivity index is 1.71. The highest BCUT2D eigenvalue weighted by Crippen LogP contribution is 2.45. The van der Waals surface area contributed by atoms with Gasteiger partial charge in [-0.25, -0.2) is 4.39 Å². The third-order valence-electron chi connectivity index (χ3n) is 3.91. The van der Waals surface area contributed by atoms with Crippen LogP contribution < -0.4 is 5.32 Å². The fraction of sp³-hybridized carbons (Fsp3) is 0.538. The molecule has 0 saturated heterocycles. The molecule has 2 saturated carbocycles. The number of hydrogen-bond donors (Lipinski definition) is 1. The van der Waals surface area contributed by atoms with Gasteiger partial charge in [-0.05, 0) is 49.3 Å². The number of rotatable bonds is 2. The fourth-order valence-corrected chi connectivity index (χ4v) is 3.21. The summed E-state index contributed by atoms with van der Waals surface area (Å²) in [5.41, 5.74) is 0.938. The Bertz CT molecular complexity index is 363. The van der Waals surface area contributed by atoms with Crippen LogP contribution in [0.5, 0.6) is 0 Å². The molecule has 1 N–H and O–H groups in total. The van der Waals surface area contributed by atoms with E-state index in [1.165, 1.54) is 31.7 Å². The Kier molecular flexibility index (Phi) is 2.15. The predicted molar refractivity (Wildman–Crippen MR) is 59.3 cm³/mol. The molecule has 0 heterocycles. The van der Waals surface area contributed by atoms with Crippen LogP contribution in [0.1, 0.15) is 25.7 Å². The molecule has 0 aliphatic heterocycles. The van der Waals surface area contributed by atoms with Crippen LogP contribution >= 0.6 is 0 Å². The predicted octanol–water partition coefficient (Wildman–Crippen LogP) is 3.43. The van der Waals surface area contributed by atoms with E-state index in [2.05, 4.69) is 5.32 Å². The quantitative estimate of drug-likeness (QED) is 0.780. The Hall–Kier alpha value is -1.05. The molecule has 2 bridgehead atoms. The zero-order valence-corrected chi connectivity index (χ0v) is 8.75. The summed E-state index contributed by atoms with van der Waals surface area (Å²) in [6.45, 7) is 0. The normalized spacial score (nSPS) is 33.3. The maximum absolute atomic E-state index is 13.0. The summed E-state index contributed by atoms with van der Waals surface area (Å²) in [4.78, 5) is 0. The molecule has 2 heteroatoms. The van der Waals surface area contributed by atoms with E-state index >= 15 is 0 Å². The van der Waals surface area contributed by atoms with Gasteiger partial charge in [0.2, 0.25) is 0 Å². The average Bonchev–Trinajstić information content (AvgIpc) is 2.79. The van der Waals surface area contributed by atoms with Gasteiger partial charge in [0.25, 0.3) is 0 Å². The maximum Gasteiger partial charge on any atom is 0.125 e. The highest BCUT2D eigenvalue weighted by atomic mass is 19.1. The van der Waals surface area contributed by atoms with Crippen molar-refractivity contribution in [1.82, 2.24) is 0 Å². The molecule has 0 aromatic heterocycles. The van der Waals surface area contributed by atoms with Gasteiger partial charge in [0.05, 0.1) is 0 Å². The summed E-state index contributed by atoms with van der Waals surface area (Å²) in [5.74, 6) is 1.61. The molecule has 3 atom stereocenters. The maximum atomic E-state index is 13.0. The van der Waals surface area contributed by atoms with Crippen LogP contribution in [0.3, 0.4) is 0 Å². The topological polar surface area (TPSA) is 12.0 Å². The second-order valence-corrected chi connectivity index (χ2v) is 4.94. The van der Waals surface area contributed by atoms with E-state index in [1.807, 2.05) is 6.07 Å². The minimum absolute atomic E-state index is 0.150. The Labute approximate surface area is 89.7 Å². The van der Waals surface area contributed by atoms with Crippen molar-refractivity contribution in [2.24, 2.45) is 11.8 Å². The molecular weight excluding hydrogens is 189 g/mol. The van der Waals surface area contributed by atoms with Crippen LogP contribution in [0.4, 0.5) is 10.1 Å². The van der Waals surface area contributed by atoms with Crippen molar-refractivity contribution in [3.05, 3.63) is 30.1 Å².